The highest BCUT2D eigenvalue weighted by molar-refractivity contribution is 5.86. The molecule has 1 saturated heterocycles. The van der Waals surface area contributed by atoms with Crippen molar-refractivity contribution in [1.82, 2.24) is 9.88 Å². The zero-order valence-corrected chi connectivity index (χ0v) is 13.7. The maximum absolute atomic E-state index is 4.45. The molecule has 1 N–H and O–H groups in total. The largest absolute Gasteiger partial charge is 0.361 e. The fourth-order valence-corrected chi connectivity index (χ4v) is 4.25. The summed E-state index contributed by atoms with van der Waals surface area (Å²) in [5.74, 6) is 0.634. The average Bonchev–Trinajstić information content (AvgIpc) is 3.34. The van der Waals surface area contributed by atoms with E-state index in [4.69, 9.17) is 0 Å². The van der Waals surface area contributed by atoms with Crippen molar-refractivity contribution in [3.63, 3.8) is 0 Å². The van der Waals surface area contributed by atoms with Gasteiger partial charge in [0.05, 0.1) is 6.54 Å². The number of benzene rings is 2. The first kappa shape index (κ1) is 14.0. The molecule has 0 aliphatic carbocycles. The summed E-state index contributed by atoms with van der Waals surface area (Å²) in [5.41, 5.74) is 6.92. The van der Waals surface area contributed by atoms with Crippen molar-refractivity contribution in [2.24, 2.45) is 4.99 Å². The lowest BCUT2D eigenvalue weighted by atomic mass is 9.92. The third kappa shape index (κ3) is 2.28. The normalized spacial score (nSPS) is 20.1. The minimum absolute atomic E-state index is 0.634. The average molecular weight is 315 g/mol. The van der Waals surface area contributed by atoms with Gasteiger partial charge in [-0.05, 0) is 41.6 Å². The highest BCUT2D eigenvalue weighted by Gasteiger charge is 2.27. The van der Waals surface area contributed by atoms with Gasteiger partial charge in [-0.3, -0.25) is 9.89 Å². The molecule has 0 saturated carbocycles. The van der Waals surface area contributed by atoms with Crippen LogP contribution in [0.25, 0.3) is 10.9 Å². The lowest BCUT2D eigenvalue weighted by Gasteiger charge is -2.17. The summed E-state index contributed by atoms with van der Waals surface area (Å²) in [4.78, 5) is 10.4. The highest BCUT2D eigenvalue weighted by atomic mass is 15.1. The molecule has 3 nitrogen and oxygen atoms in total. The van der Waals surface area contributed by atoms with Crippen LogP contribution < -0.4 is 0 Å². The van der Waals surface area contributed by atoms with E-state index in [0.29, 0.717) is 5.92 Å². The summed E-state index contributed by atoms with van der Waals surface area (Å²) in [6.45, 7) is 4.20. The van der Waals surface area contributed by atoms with Crippen molar-refractivity contribution in [2.75, 3.05) is 13.1 Å². The Morgan fingerprint density at radius 2 is 2.08 bits per heavy atom. The summed E-state index contributed by atoms with van der Waals surface area (Å²) in [6.07, 6.45) is 5.49. The first-order valence-electron chi connectivity index (χ1n) is 8.77. The molecule has 3 aromatic rings. The van der Waals surface area contributed by atoms with Gasteiger partial charge >= 0.3 is 0 Å². The minimum atomic E-state index is 0.634. The van der Waals surface area contributed by atoms with Crippen LogP contribution in [0.3, 0.4) is 0 Å². The number of likely N-dealkylation sites (tertiary alicyclic amines) is 1. The van der Waals surface area contributed by atoms with Gasteiger partial charge in [0.2, 0.25) is 0 Å². The number of aromatic nitrogens is 1. The van der Waals surface area contributed by atoms with Crippen molar-refractivity contribution in [3.05, 3.63) is 70.9 Å². The molecule has 3 heteroatoms. The van der Waals surface area contributed by atoms with Crippen molar-refractivity contribution < 1.29 is 0 Å². The molecule has 1 unspecified atom stereocenters. The smallest absolute Gasteiger partial charge is 0.0646 e. The van der Waals surface area contributed by atoms with Crippen LogP contribution in [0.1, 0.15) is 34.6 Å². The van der Waals surface area contributed by atoms with Crippen LogP contribution in [0.15, 0.2) is 53.7 Å². The number of fused-ring (bicyclic) bond motifs is 2. The van der Waals surface area contributed by atoms with Crippen LogP contribution in [-0.2, 0) is 13.1 Å². The lowest BCUT2D eigenvalue weighted by Crippen LogP contribution is -2.19. The molecule has 1 aromatic heterocycles. The monoisotopic (exact) mass is 315 g/mol. The first-order chi connectivity index (χ1) is 11.9. The topological polar surface area (TPSA) is 31.4 Å². The van der Waals surface area contributed by atoms with E-state index in [1.807, 2.05) is 0 Å². The molecule has 120 valence electrons. The minimum Gasteiger partial charge on any atom is -0.361 e. The second-order valence-electron chi connectivity index (χ2n) is 6.97. The quantitative estimate of drug-likeness (QED) is 0.775. The molecular weight excluding hydrogens is 294 g/mol. The van der Waals surface area contributed by atoms with Gasteiger partial charge in [0.25, 0.3) is 0 Å². The van der Waals surface area contributed by atoms with Gasteiger partial charge in [0.1, 0.15) is 0 Å². The Hall–Kier alpha value is -2.39. The van der Waals surface area contributed by atoms with Crippen LogP contribution in [0.5, 0.6) is 0 Å². The zero-order chi connectivity index (χ0) is 15.9. The fourth-order valence-electron chi connectivity index (χ4n) is 4.25. The third-order valence-electron chi connectivity index (χ3n) is 5.49. The summed E-state index contributed by atoms with van der Waals surface area (Å²) in [6, 6.07) is 15.3. The first-order valence-corrected chi connectivity index (χ1v) is 8.77. The van der Waals surface area contributed by atoms with E-state index in [1.54, 1.807) is 0 Å². The zero-order valence-electron chi connectivity index (χ0n) is 13.7. The molecule has 5 rings (SSSR count). The predicted octanol–water partition coefficient (Wildman–Crippen LogP) is 4.09. The van der Waals surface area contributed by atoms with E-state index >= 15 is 0 Å². The van der Waals surface area contributed by atoms with Crippen LogP contribution in [0.4, 0.5) is 0 Å². The van der Waals surface area contributed by atoms with Crippen LogP contribution in [-0.4, -0.2) is 29.2 Å². The number of rotatable bonds is 3. The Morgan fingerprint density at radius 3 is 3.08 bits per heavy atom. The molecule has 3 heterocycles. The molecule has 1 atom stereocenters. The maximum atomic E-state index is 4.45. The molecule has 24 heavy (non-hydrogen) atoms. The predicted molar refractivity (Wildman–Crippen MR) is 98.7 cm³/mol. The van der Waals surface area contributed by atoms with E-state index in [9.17, 15) is 0 Å². The van der Waals surface area contributed by atoms with Crippen LogP contribution in [0.2, 0.25) is 0 Å². The molecule has 2 aliphatic rings. The summed E-state index contributed by atoms with van der Waals surface area (Å²) < 4.78 is 0. The number of hydrogen-bond donors (Lipinski definition) is 1. The van der Waals surface area contributed by atoms with Gasteiger partial charge < -0.3 is 4.98 Å². The van der Waals surface area contributed by atoms with Crippen molar-refractivity contribution in [3.8, 4) is 0 Å². The Kier molecular flexibility index (Phi) is 3.27. The summed E-state index contributed by atoms with van der Waals surface area (Å²) >= 11 is 0. The number of para-hydroxylation sites is 1. The van der Waals surface area contributed by atoms with E-state index in [0.717, 1.165) is 19.6 Å². The van der Waals surface area contributed by atoms with Crippen molar-refractivity contribution in [1.29, 1.82) is 0 Å². The molecular formula is C21H21N3. The van der Waals surface area contributed by atoms with Gasteiger partial charge in [-0.1, -0.05) is 36.4 Å². The molecule has 0 spiro atoms. The maximum Gasteiger partial charge on any atom is 0.0646 e. The van der Waals surface area contributed by atoms with Gasteiger partial charge in [0, 0.05) is 42.0 Å². The van der Waals surface area contributed by atoms with E-state index in [2.05, 4.69) is 69.8 Å². The fraction of sp³-hybridized carbons (Fsp3) is 0.286. The van der Waals surface area contributed by atoms with E-state index in [-0.39, 0.29) is 0 Å². The summed E-state index contributed by atoms with van der Waals surface area (Å²) in [7, 11) is 0. The van der Waals surface area contributed by atoms with Gasteiger partial charge in [0.15, 0.2) is 0 Å². The number of H-pyrrole nitrogens is 1. The van der Waals surface area contributed by atoms with Crippen LogP contribution >= 0.6 is 0 Å². The Labute approximate surface area is 142 Å². The second kappa shape index (κ2) is 5.60. The van der Waals surface area contributed by atoms with Crippen molar-refractivity contribution in [2.45, 2.75) is 25.4 Å². The standard InChI is InChI=1S/C21H21N3/c1-2-7-21-19(5-1)17(11-23-21)14-24-9-8-16(13-24)18-6-3-4-15-10-22-12-20(15)18/h1-7,11-12,16,23H,8-10,13-14H2. The number of aromatic amines is 1. The van der Waals surface area contributed by atoms with E-state index < -0.39 is 0 Å². The van der Waals surface area contributed by atoms with Crippen molar-refractivity contribution >= 4 is 17.1 Å². The summed E-state index contributed by atoms with van der Waals surface area (Å²) in [5, 5.41) is 1.36. The molecule has 2 aliphatic heterocycles. The second-order valence-corrected chi connectivity index (χ2v) is 6.97. The lowest BCUT2D eigenvalue weighted by molar-refractivity contribution is 0.328. The molecule has 0 radical (unpaired) electrons. The number of nitrogens with zero attached hydrogens (tertiary/aromatic N) is 2. The number of aliphatic imine (C=N–C) groups is 1. The van der Waals surface area contributed by atoms with Gasteiger partial charge in [-0.15, -0.1) is 0 Å². The number of nitrogens with one attached hydrogen (secondary N) is 1. The highest BCUT2D eigenvalue weighted by Crippen LogP contribution is 2.33. The Bertz CT molecular complexity index is 922. The van der Waals surface area contributed by atoms with Gasteiger partial charge in [-0.2, -0.15) is 0 Å². The van der Waals surface area contributed by atoms with Gasteiger partial charge in [-0.25, -0.2) is 0 Å². The third-order valence-corrected chi connectivity index (χ3v) is 5.49. The number of hydrogen-bond acceptors (Lipinski definition) is 2. The molecule has 2 aromatic carbocycles. The SMILES string of the molecule is C1=NCc2cccc(C3CCN(Cc4c[nH]c5ccccc45)C3)c21. The van der Waals surface area contributed by atoms with E-state index in [1.165, 1.54) is 46.1 Å². The Balaban J connectivity index is 1.36. The van der Waals surface area contributed by atoms with Crippen LogP contribution in [0, 0.1) is 0 Å². The molecule has 1 fully saturated rings. The molecule has 0 amide bonds. The Morgan fingerprint density at radius 1 is 1.12 bits per heavy atom. The molecule has 0 bridgehead atoms.